The number of aliphatic imine (C=N–C) groups is 4. The minimum Gasteiger partial charge on any atom is -0.483 e. The van der Waals surface area contributed by atoms with Gasteiger partial charge in [-0.2, -0.15) is 0 Å². The summed E-state index contributed by atoms with van der Waals surface area (Å²) in [7, 11) is 4.33. The maximum absolute atomic E-state index is 12.4. The van der Waals surface area contributed by atoms with Crippen molar-refractivity contribution in [3.8, 4) is 11.5 Å². The zero-order valence-corrected chi connectivity index (χ0v) is 48.0. The van der Waals surface area contributed by atoms with E-state index in [1.807, 2.05) is 73.7 Å². The number of nitrogens with one attached hydrogen (secondary N) is 6. The van der Waals surface area contributed by atoms with Crippen LogP contribution in [0, 0.1) is 0 Å². The van der Waals surface area contributed by atoms with Gasteiger partial charge < -0.3 is 49.4 Å². The normalized spacial score (nSPS) is 12.6. The highest BCUT2D eigenvalue weighted by atomic mass is 127. The predicted molar refractivity (Wildman–Crippen MR) is 313 cm³/mol. The van der Waals surface area contributed by atoms with E-state index in [0.29, 0.717) is 83.1 Å². The molecule has 2 aliphatic rings. The monoisotopic (exact) mass is 1200 g/mol. The molecule has 0 atom stereocenters. The van der Waals surface area contributed by atoms with Crippen molar-refractivity contribution < 1.29 is 56.9 Å². The van der Waals surface area contributed by atoms with E-state index in [1.165, 1.54) is 0 Å². The molecule has 4 aromatic carbocycles. The third-order valence-corrected chi connectivity index (χ3v) is 11.1. The van der Waals surface area contributed by atoms with E-state index in [2.05, 4.69) is 67.2 Å². The number of carbonyl (C=O) groups is 6. The Labute approximate surface area is 478 Å². The van der Waals surface area contributed by atoms with Gasteiger partial charge >= 0.3 is 6.09 Å². The number of quaternary nitrogens is 1. The summed E-state index contributed by atoms with van der Waals surface area (Å²) in [6.07, 6.45) is 0.383. The van der Waals surface area contributed by atoms with E-state index < -0.39 is 17.6 Å². The molecule has 22 nitrogen and oxygen atoms in total. The predicted octanol–water partition coefficient (Wildman–Crippen LogP) is 6.55. The van der Waals surface area contributed by atoms with E-state index in [9.17, 15) is 28.8 Å². The zero-order valence-electron chi connectivity index (χ0n) is 45.7. The summed E-state index contributed by atoms with van der Waals surface area (Å²) in [6, 6.07) is 31.7. The molecule has 0 bridgehead atoms. The van der Waals surface area contributed by atoms with Crippen molar-refractivity contribution in [2.75, 3.05) is 104 Å². The van der Waals surface area contributed by atoms with Gasteiger partial charge in [0.1, 0.15) is 23.6 Å². The first-order valence-corrected chi connectivity index (χ1v) is 25.7. The molecule has 0 radical (unpaired) electrons. The van der Waals surface area contributed by atoms with Crippen molar-refractivity contribution in [1.82, 2.24) is 21.5 Å². The van der Waals surface area contributed by atoms with Gasteiger partial charge in [-0.3, -0.25) is 29.4 Å². The number of hydrogen-bond donors (Lipinski definition) is 6. The fourth-order valence-corrected chi connectivity index (χ4v) is 7.33. The van der Waals surface area contributed by atoms with Crippen LogP contribution in [0.15, 0.2) is 117 Å². The summed E-state index contributed by atoms with van der Waals surface area (Å²) >= 11 is 0. The van der Waals surface area contributed by atoms with Gasteiger partial charge in [0.2, 0.25) is 17.7 Å². The lowest BCUT2D eigenvalue weighted by atomic mass is 10.1. The van der Waals surface area contributed by atoms with Gasteiger partial charge in [0, 0.05) is 37.2 Å². The molecular formula is C56H73IN11O11+. The Bertz CT molecular complexity index is 2810. The van der Waals surface area contributed by atoms with Crippen molar-refractivity contribution in [2.45, 2.75) is 59.0 Å². The van der Waals surface area contributed by atoms with Gasteiger partial charge in [-0.05, 0) is 76.2 Å². The molecule has 0 unspecified atom stereocenters. The Morgan fingerprint density at radius 2 is 1.14 bits per heavy atom. The number of anilines is 2. The van der Waals surface area contributed by atoms with Crippen LogP contribution in [0.3, 0.4) is 0 Å². The molecule has 6 N–H and O–H groups in total. The average molecular weight is 1200 g/mol. The van der Waals surface area contributed by atoms with Crippen LogP contribution in [0.2, 0.25) is 0 Å². The highest BCUT2D eigenvalue weighted by Gasteiger charge is 2.22. The smallest absolute Gasteiger partial charge is 0.426 e. The van der Waals surface area contributed by atoms with Crippen molar-refractivity contribution in [3.05, 3.63) is 108 Å². The first-order valence-electron chi connectivity index (χ1n) is 25.7. The second kappa shape index (κ2) is 33.7. The minimum absolute atomic E-state index is 0. The Morgan fingerprint density at radius 3 is 1.66 bits per heavy atom. The van der Waals surface area contributed by atoms with Crippen LogP contribution in [0.1, 0.15) is 64.5 Å². The Morgan fingerprint density at radius 1 is 0.646 bits per heavy atom. The number of hydrazine groups is 1. The topological polar surface area (TPSA) is 270 Å². The van der Waals surface area contributed by atoms with Gasteiger partial charge in [0.05, 0.1) is 113 Å². The molecule has 2 heterocycles. The molecule has 0 saturated heterocycles. The number of nitrogens with zero attached hydrogens (tertiary/aromatic N) is 5. The van der Waals surface area contributed by atoms with Crippen LogP contribution in [0.4, 0.5) is 27.5 Å². The number of halogens is 1. The maximum atomic E-state index is 12.4. The van der Waals surface area contributed by atoms with Crippen LogP contribution in [-0.2, 0) is 38.2 Å². The summed E-state index contributed by atoms with van der Waals surface area (Å²) in [5, 5.41) is 11.2. The highest BCUT2D eigenvalue weighted by Crippen LogP contribution is 2.32. The van der Waals surface area contributed by atoms with E-state index in [0.717, 1.165) is 30.5 Å². The lowest BCUT2D eigenvalue weighted by Crippen LogP contribution is -2.44. The summed E-state index contributed by atoms with van der Waals surface area (Å²) in [4.78, 5) is 90.1. The average Bonchev–Trinajstić information content (AvgIpc) is 3.81. The first kappa shape index (κ1) is 64.0. The zero-order chi connectivity index (χ0) is 56.2. The standard InChI is InChI=1S/C29H38N6O4.C27H33N5O7.HI/c1-4-30-22-31-14-9-16-35(2,3)17-19-38-18-15-32-29(37)21-39-27-13-8-5-10-23(27)26-20-28(36)34-25-12-7-6-11-24(25)33-26;1-27(2,3)39-26(36)32-31-23(33)12-14-37-15-13-28-25(35)17-38-22-11-7-4-8-18(22)21-16-24(34)30-20-10-6-5-9-19(20)29-21;/h5-8,10-13H,4,9,14-21H2,1-3H3,(H-,32,34,36,37);4-11H,12-17H2,1-3H3,(H,28,35)(H,30,34)(H,31,33)(H,32,36);1H/p+1. The second-order valence-corrected chi connectivity index (χ2v) is 19.2. The molecule has 23 heteroatoms. The van der Waals surface area contributed by atoms with Crippen molar-refractivity contribution in [2.24, 2.45) is 20.0 Å². The molecule has 0 spiro atoms. The van der Waals surface area contributed by atoms with Crippen molar-refractivity contribution >= 4 is 99.8 Å². The Hall–Kier alpha value is -7.57. The van der Waals surface area contributed by atoms with Crippen LogP contribution in [0.25, 0.3) is 0 Å². The molecule has 0 aromatic heterocycles. The molecule has 0 aliphatic carbocycles. The van der Waals surface area contributed by atoms with Gasteiger partial charge in [-0.15, -0.1) is 24.0 Å². The summed E-state index contributed by atoms with van der Waals surface area (Å²) in [5.41, 5.74) is 8.76. The van der Waals surface area contributed by atoms with Crippen LogP contribution >= 0.6 is 24.0 Å². The SMILES string of the molecule is CC(C)(C)OC(=O)NNC(=O)CCOCCNC(=O)COc1ccccc1C1=Nc2ccccc2NC(=O)C1.CCN=C=NCCC[N+](C)(C)CCOCCNC(=O)COc1ccccc1C1=Nc2ccccc2NC(=O)C1.I. The quantitative estimate of drug-likeness (QED) is 0.0136. The molecule has 424 valence electrons. The van der Waals surface area contributed by atoms with Crippen LogP contribution in [-0.4, -0.2) is 156 Å². The third-order valence-electron chi connectivity index (χ3n) is 11.1. The highest BCUT2D eigenvalue weighted by molar-refractivity contribution is 14.0. The molecule has 0 saturated carbocycles. The number of ether oxygens (including phenoxy) is 5. The molecule has 4 aromatic rings. The molecule has 0 fully saturated rings. The summed E-state index contributed by atoms with van der Waals surface area (Å²) in [5.74, 6) is -0.473. The first-order chi connectivity index (χ1) is 37.5. The third kappa shape index (κ3) is 24.3. The van der Waals surface area contributed by atoms with E-state index in [-0.39, 0.29) is 99.8 Å². The fraction of sp³-hybridized carbons (Fsp3) is 0.411. The summed E-state index contributed by atoms with van der Waals surface area (Å²) < 4.78 is 28.5. The van der Waals surface area contributed by atoms with Crippen molar-refractivity contribution in [1.29, 1.82) is 0 Å². The van der Waals surface area contributed by atoms with Crippen molar-refractivity contribution in [3.63, 3.8) is 0 Å². The fourth-order valence-electron chi connectivity index (χ4n) is 7.33. The van der Waals surface area contributed by atoms with Gasteiger partial charge in [-0.1, -0.05) is 48.5 Å². The van der Waals surface area contributed by atoms with Crippen LogP contribution < -0.4 is 41.6 Å². The number of benzene rings is 4. The van der Waals surface area contributed by atoms with E-state index >= 15 is 0 Å². The lowest BCUT2D eigenvalue weighted by Gasteiger charge is -2.29. The number of para-hydroxylation sites is 6. The number of amides is 6. The Kier molecular flexibility index (Phi) is 27.3. The molecule has 6 rings (SSSR count). The van der Waals surface area contributed by atoms with E-state index in [4.69, 9.17) is 28.7 Å². The van der Waals surface area contributed by atoms with E-state index in [1.54, 1.807) is 51.1 Å². The largest absolute Gasteiger partial charge is 0.483 e. The number of fused-ring (bicyclic) bond motifs is 2. The maximum Gasteiger partial charge on any atom is 0.426 e. The minimum atomic E-state index is -0.762. The molecule has 2 aliphatic heterocycles. The number of carbonyl (C=O) groups excluding carboxylic acids is 6. The lowest BCUT2D eigenvalue weighted by molar-refractivity contribution is -0.890. The number of rotatable bonds is 25. The van der Waals surface area contributed by atoms with Gasteiger partial charge in [0.15, 0.2) is 13.2 Å². The van der Waals surface area contributed by atoms with Gasteiger partial charge in [0.25, 0.3) is 11.8 Å². The molecule has 6 amide bonds. The number of hydrogen-bond acceptors (Lipinski definition) is 15. The second-order valence-electron chi connectivity index (χ2n) is 19.2. The summed E-state index contributed by atoms with van der Waals surface area (Å²) in [6.45, 7) is 11.9. The Balaban J connectivity index is 0.000000336. The molecular weight excluding hydrogens is 1130 g/mol. The van der Waals surface area contributed by atoms with Crippen LogP contribution in [0.5, 0.6) is 11.5 Å². The number of likely N-dealkylation sites (N-methyl/N-ethyl adjacent to an activating group) is 1. The van der Waals surface area contributed by atoms with Gasteiger partial charge in [-0.25, -0.2) is 30.2 Å². The molecule has 79 heavy (non-hydrogen) atoms.